The fourth-order valence-electron chi connectivity index (χ4n) is 3.19. The van der Waals surface area contributed by atoms with Crippen LogP contribution in [0.15, 0.2) is 6.07 Å². The highest BCUT2D eigenvalue weighted by Crippen LogP contribution is 2.23. The Balaban J connectivity index is 1.72. The van der Waals surface area contributed by atoms with E-state index in [0.717, 1.165) is 38.8 Å². The zero-order valence-corrected chi connectivity index (χ0v) is 14.3. The van der Waals surface area contributed by atoms with Gasteiger partial charge < -0.3 is 10.6 Å². The molecule has 1 fully saturated rings. The first-order valence-corrected chi connectivity index (χ1v) is 8.88. The van der Waals surface area contributed by atoms with E-state index in [0.29, 0.717) is 18.2 Å². The number of amides is 1. The Morgan fingerprint density at radius 2 is 2.10 bits per heavy atom. The fourth-order valence-corrected chi connectivity index (χ4v) is 4.17. The minimum Gasteiger partial charge on any atom is -0.343 e. The predicted octanol–water partition coefficient (Wildman–Crippen LogP) is 3.27. The van der Waals surface area contributed by atoms with Crippen LogP contribution in [0.5, 0.6) is 0 Å². The van der Waals surface area contributed by atoms with Crippen LogP contribution in [0.3, 0.4) is 0 Å². The molecule has 1 amide bonds. The summed E-state index contributed by atoms with van der Waals surface area (Å²) in [6, 6.07) is 2.52. The first-order chi connectivity index (χ1) is 9.97. The van der Waals surface area contributed by atoms with Gasteiger partial charge in [-0.1, -0.05) is 0 Å². The normalized spacial score (nSPS) is 18.0. The Kier molecular flexibility index (Phi) is 5.82. The molecule has 1 atom stereocenters. The summed E-state index contributed by atoms with van der Waals surface area (Å²) < 4.78 is 0. The molecular formula is C17H28N2OS. The Hall–Kier alpha value is -0.870. The zero-order chi connectivity index (χ0) is 15.4. The van der Waals surface area contributed by atoms with E-state index in [-0.39, 0.29) is 6.04 Å². The second-order valence-corrected chi connectivity index (χ2v) is 7.83. The van der Waals surface area contributed by atoms with E-state index in [9.17, 15) is 4.79 Å². The van der Waals surface area contributed by atoms with Crippen LogP contribution in [-0.4, -0.2) is 29.9 Å². The third-order valence-corrected chi connectivity index (χ3v) is 5.62. The molecule has 0 aliphatic carbocycles. The lowest BCUT2D eigenvalue weighted by molar-refractivity contribution is -0.132. The molecule has 3 nitrogen and oxygen atoms in total. The van der Waals surface area contributed by atoms with Crippen molar-refractivity contribution < 1.29 is 4.79 Å². The molecule has 0 bridgehead atoms. The van der Waals surface area contributed by atoms with Gasteiger partial charge in [0.25, 0.3) is 0 Å². The minimum absolute atomic E-state index is 0.257. The maximum absolute atomic E-state index is 12.3. The third-order valence-electron chi connectivity index (χ3n) is 4.62. The molecule has 1 aromatic rings. The van der Waals surface area contributed by atoms with Gasteiger partial charge in [0.05, 0.1) is 0 Å². The Morgan fingerprint density at radius 1 is 1.43 bits per heavy atom. The molecule has 21 heavy (non-hydrogen) atoms. The Morgan fingerprint density at radius 3 is 2.62 bits per heavy atom. The standard InChI is InChI=1S/C17H28N2OS/c1-12-11-16(14(3)21-12)5-4-6-17(20)19-9-7-15(8-10-19)13(2)18/h11,13,15H,4-10,18H2,1-3H3. The third kappa shape index (κ3) is 4.55. The monoisotopic (exact) mass is 308 g/mol. The molecule has 1 saturated heterocycles. The quantitative estimate of drug-likeness (QED) is 0.907. The van der Waals surface area contributed by atoms with Gasteiger partial charge in [0.1, 0.15) is 0 Å². The van der Waals surface area contributed by atoms with E-state index in [4.69, 9.17) is 5.73 Å². The average molecular weight is 308 g/mol. The minimum atomic E-state index is 0.257. The van der Waals surface area contributed by atoms with Crippen molar-refractivity contribution in [3.05, 3.63) is 21.4 Å². The van der Waals surface area contributed by atoms with E-state index in [1.807, 2.05) is 16.2 Å². The molecule has 0 radical (unpaired) electrons. The molecule has 1 unspecified atom stereocenters. The van der Waals surface area contributed by atoms with E-state index in [2.05, 4.69) is 26.8 Å². The van der Waals surface area contributed by atoms with Gasteiger partial charge in [0.15, 0.2) is 0 Å². The highest BCUT2D eigenvalue weighted by molar-refractivity contribution is 7.12. The largest absolute Gasteiger partial charge is 0.343 e. The van der Waals surface area contributed by atoms with Gasteiger partial charge in [-0.3, -0.25) is 4.79 Å². The number of nitrogens with two attached hydrogens (primary N) is 1. The maximum atomic E-state index is 12.3. The lowest BCUT2D eigenvalue weighted by Gasteiger charge is -2.33. The van der Waals surface area contributed by atoms with Crippen molar-refractivity contribution in [2.75, 3.05) is 13.1 Å². The molecule has 1 aliphatic rings. The smallest absolute Gasteiger partial charge is 0.222 e. The van der Waals surface area contributed by atoms with E-state index in [1.165, 1.54) is 15.3 Å². The molecule has 1 aliphatic heterocycles. The van der Waals surface area contributed by atoms with Crippen molar-refractivity contribution in [3.63, 3.8) is 0 Å². The summed E-state index contributed by atoms with van der Waals surface area (Å²) in [6.07, 6.45) is 4.79. The van der Waals surface area contributed by atoms with Gasteiger partial charge in [0.2, 0.25) is 5.91 Å². The fraction of sp³-hybridized carbons (Fsp3) is 0.706. The molecule has 1 aromatic heterocycles. The molecule has 2 heterocycles. The number of nitrogens with zero attached hydrogens (tertiary/aromatic N) is 1. The lowest BCUT2D eigenvalue weighted by Crippen LogP contribution is -2.42. The van der Waals surface area contributed by atoms with Crippen LogP contribution in [0.4, 0.5) is 0 Å². The maximum Gasteiger partial charge on any atom is 0.222 e. The van der Waals surface area contributed by atoms with Crippen molar-refractivity contribution in [2.24, 2.45) is 11.7 Å². The van der Waals surface area contributed by atoms with Gasteiger partial charge in [0, 0.05) is 35.3 Å². The van der Waals surface area contributed by atoms with Crippen LogP contribution in [0.25, 0.3) is 0 Å². The number of carbonyl (C=O) groups is 1. The second kappa shape index (κ2) is 7.41. The van der Waals surface area contributed by atoms with Gasteiger partial charge in [-0.15, -0.1) is 11.3 Å². The van der Waals surface area contributed by atoms with Crippen LogP contribution in [-0.2, 0) is 11.2 Å². The van der Waals surface area contributed by atoms with Crippen LogP contribution in [0.1, 0.15) is 47.9 Å². The number of thiophene rings is 1. The summed E-state index contributed by atoms with van der Waals surface area (Å²) in [5.41, 5.74) is 7.36. The van der Waals surface area contributed by atoms with Gasteiger partial charge in [-0.2, -0.15) is 0 Å². The number of likely N-dealkylation sites (tertiary alicyclic amines) is 1. The summed E-state index contributed by atoms with van der Waals surface area (Å²) in [5.74, 6) is 0.910. The van der Waals surface area contributed by atoms with Gasteiger partial charge >= 0.3 is 0 Å². The molecule has 0 saturated carbocycles. The second-order valence-electron chi connectivity index (χ2n) is 6.37. The number of piperidine rings is 1. The van der Waals surface area contributed by atoms with Crippen molar-refractivity contribution >= 4 is 17.2 Å². The van der Waals surface area contributed by atoms with E-state index >= 15 is 0 Å². The number of carbonyl (C=O) groups excluding carboxylic acids is 1. The molecule has 2 rings (SSSR count). The van der Waals surface area contributed by atoms with Crippen molar-refractivity contribution in [2.45, 2.75) is 58.9 Å². The molecule has 2 N–H and O–H groups in total. The van der Waals surface area contributed by atoms with E-state index in [1.54, 1.807) is 0 Å². The van der Waals surface area contributed by atoms with E-state index < -0.39 is 0 Å². The summed E-state index contributed by atoms with van der Waals surface area (Å²) in [6.45, 7) is 8.18. The number of aryl methyl sites for hydroxylation is 3. The van der Waals surface area contributed by atoms with Crippen LogP contribution >= 0.6 is 11.3 Å². The Bertz CT molecular complexity index is 473. The topological polar surface area (TPSA) is 46.3 Å². The first-order valence-electron chi connectivity index (χ1n) is 8.06. The Labute approximate surface area is 132 Å². The summed E-state index contributed by atoms with van der Waals surface area (Å²) >= 11 is 1.85. The summed E-state index contributed by atoms with van der Waals surface area (Å²) in [7, 11) is 0. The van der Waals surface area contributed by atoms with Gasteiger partial charge in [-0.25, -0.2) is 0 Å². The highest BCUT2D eigenvalue weighted by atomic mass is 32.1. The number of hydrogen-bond donors (Lipinski definition) is 1. The molecule has 0 spiro atoms. The van der Waals surface area contributed by atoms with Crippen molar-refractivity contribution in [1.82, 2.24) is 4.90 Å². The van der Waals surface area contributed by atoms with Crippen LogP contribution in [0, 0.1) is 19.8 Å². The first kappa shape index (κ1) is 16.5. The van der Waals surface area contributed by atoms with Crippen LogP contribution in [0.2, 0.25) is 0 Å². The number of hydrogen-bond acceptors (Lipinski definition) is 3. The molecule has 118 valence electrons. The average Bonchev–Trinajstić information content (AvgIpc) is 2.77. The van der Waals surface area contributed by atoms with Crippen molar-refractivity contribution in [1.29, 1.82) is 0 Å². The van der Waals surface area contributed by atoms with Gasteiger partial charge in [-0.05, 0) is 64.0 Å². The summed E-state index contributed by atoms with van der Waals surface area (Å²) in [5, 5.41) is 0. The van der Waals surface area contributed by atoms with Crippen molar-refractivity contribution in [3.8, 4) is 0 Å². The molecule has 0 aromatic carbocycles. The number of rotatable bonds is 5. The molecule has 4 heteroatoms. The SMILES string of the molecule is Cc1cc(CCCC(=O)N2CCC(C(C)N)CC2)c(C)s1. The predicted molar refractivity (Wildman–Crippen MR) is 89.7 cm³/mol. The summed E-state index contributed by atoms with van der Waals surface area (Å²) in [4.78, 5) is 17.1. The van der Waals surface area contributed by atoms with Crippen LogP contribution < -0.4 is 5.73 Å². The zero-order valence-electron chi connectivity index (χ0n) is 13.5. The lowest BCUT2D eigenvalue weighted by atomic mass is 9.91. The molecular weight excluding hydrogens is 280 g/mol. The highest BCUT2D eigenvalue weighted by Gasteiger charge is 2.24.